The van der Waals surface area contributed by atoms with Crippen molar-refractivity contribution in [2.45, 2.75) is 25.3 Å². The molecular weight excluding hydrogens is 480 g/mol. The van der Waals surface area contributed by atoms with Gasteiger partial charge in [0.15, 0.2) is 11.3 Å². The van der Waals surface area contributed by atoms with Crippen LogP contribution in [0.15, 0.2) is 42.5 Å². The van der Waals surface area contributed by atoms with Gasteiger partial charge in [-0.25, -0.2) is 9.97 Å². The largest absolute Gasteiger partial charge is 0.341 e. The summed E-state index contributed by atoms with van der Waals surface area (Å²) in [6.07, 6.45) is 1.52. The molecule has 5 aromatic rings. The van der Waals surface area contributed by atoms with Crippen molar-refractivity contribution in [2.24, 2.45) is 5.73 Å². The molecule has 0 bridgehead atoms. The van der Waals surface area contributed by atoms with E-state index in [0.717, 1.165) is 39.2 Å². The van der Waals surface area contributed by atoms with Gasteiger partial charge in [0.05, 0.1) is 31.3 Å². The number of halogens is 1. The third kappa shape index (κ3) is 3.62. The Morgan fingerprint density at radius 2 is 1.89 bits per heavy atom. The van der Waals surface area contributed by atoms with Crippen LogP contribution in [0.1, 0.15) is 29.1 Å². The van der Waals surface area contributed by atoms with Crippen LogP contribution in [0.5, 0.6) is 0 Å². The van der Waals surface area contributed by atoms with Crippen molar-refractivity contribution in [3.05, 3.63) is 63.8 Å². The van der Waals surface area contributed by atoms with Crippen molar-refractivity contribution in [1.29, 1.82) is 5.26 Å². The minimum absolute atomic E-state index is 0.262. The van der Waals surface area contributed by atoms with Crippen molar-refractivity contribution in [3.63, 3.8) is 0 Å². The summed E-state index contributed by atoms with van der Waals surface area (Å²) in [6, 6.07) is 16.2. The number of nitrogens with zero attached hydrogens (tertiary/aromatic N) is 6. The topological polar surface area (TPSA) is 120 Å². The SMILES string of the molecule is Cc1nc2ccc(-c3[nH]nc4nc(N5CCC(N)(c6ccccc6)CC5)nc(C#N)c34)c(Cl)c2s1. The number of H-pyrrole nitrogens is 1. The molecule has 0 spiro atoms. The van der Waals surface area contributed by atoms with Gasteiger partial charge in [0.25, 0.3) is 0 Å². The monoisotopic (exact) mass is 500 g/mol. The molecule has 10 heteroatoms. The van der Waals surface area contributed by atoms with Crippen molar-refractivity contribution in [1.82, 2.24) is 25.1 Å². The Kier molecular flexibility index (Phi) is 5.18. The van der Waals surface area contributed by atoms with Crippen LogP contribution in [0.2, 0.25) is 5.02 Å². The van der Waals surface area contributed by atoms with Crippen molar-refractivity contribution in [2.75, 3.05) is 18.0 Å². The molecule has 1 aliphatic rings. The Bertz CT molecular complexity index is 1610. The molecule has 1 saturated heterocycles. The van der Waals surface area contributed by atoms with Crippen molar-refractivity contribution in [3.8, 4) is 17.3 Å². The maximum atomic E-state index is 9.96. The van der Waals surface area contributed by atoms with Gasteiger partial charge in [-0.2, -0.15) is 15.3 Å². The summed E-state index contributed by atoms with van der Waals surface area (Å²) in [5.74, 6) is 0.488. The zero-order valence-electron chi connectivity index (χ0n) is 18.9. The number of rotatable bonds is 3. The highest BCUT2D eigenvalue weighted by molar-refractivity contribution is 7.19. The number of aryl methyl sites for hydroxylation is 1. The molecule has 0 saturated carbocycles. The van der Waals surface area contributed by atoms with Crippen LogP contribution in [0.4, 0.5) is 5.95 Å². The number of nitrogens with two attached hydrogens (primary N) is 1. The van der Waals surface area contributed by atoms with E-state index >= 15 is 0 Å². The van der Waals surface area contributed by atoms with Gasteiger partial charge in [-0.15, -0.1) is 11.3 Å². The van der Waals surface area contributed by atoms with Crippen LogP contribution >= 0.6 is 22.9 Å². The van der Waals surface area contributed by atoms with Crippen LogP contribution in [0.25, 0.3) is 32.5 Å². The highest BCUT2D eigenvalue weighted by Crippen LogP contribution is 2.39. The maximum absolute atomic E-state index is 9.96. The van der Waals surface area contributed by atoms with Crippen molar-refractivity contribution < 1.29 is 0 Å². The number of thiazole rings is 1. The number of anilines is 1. The van der Waals surface area contributed by atoms with E-state index in [-0.39, 0.29) is 11.2 Å². The Balaban J connectivity index is 1.36. The van der Waals surface area contributed by atoms with Crippen LogP contribution in [0.3, 0.4) is 0 Å². The number of benzene rings is 2. The first-order valence-corrected chi connectivity index (χ1v) is 12.5. The molecule has 8 nitrogen and oxygen atoms in total. The Hall–Kier alpha value is -3.58. The van der Waals surface area contributed by atoms with E-state index in [9.17, 15) is 5.26 Å². The minimum Gasteiger partial charge on any atom is -0.341 e. The highest BCUT2D eigenvalue weighted by atomic mass is 35.5. The lowest BCUT2D eigenvalue weighted by Crippen LogP contribution is -2.48. The van der Waals surface area contributed by atoms with E-state index in [2.05, 4.69) is 43.3 Å². The smallest absolute Gasteiger partial charge is 0.228 e. The fraction of sp³-hybridized carbons (Fsp3) is 0.240. The molecule has 1 aliphatic heterocycles. The summed E-state index contributed by atoms with van der Waals surface area (Å²) in [4.78, 5) is 15.9. The quantitative estimate of drug-likeness (QED) is 0.360. The van der Waals surface area contributed by atoms with E-state index in [1.807, 2.05) is 37.3 Å². The zero-order chi connectivity index (χ0) is 24.2. The predicted octanol–water partition coefficient (Wildman–Crippen LogP) is 4.92. The number of nitrogens with one attached hydrogen (secondary N) is 1. The van der Waals surface area contributed by atoms with E-state index < -0.39 is 0 Å². The van der Waals surface area contributed by atoms with Crippen LogP contribution in [-0.2, 0) is 5.54 Å². The Labute approximate surface area is 210 Å². The average Bonchev–Trinajstić information content (AvgIpc) is 3.48. The first-order chi connectivity index (χ1) is 17.0. The van der Waals surface area contributed by atoms with Gasteiger partial charge in [-0.1, -0.05) is 41.9 Å². The molecular formula is C25H21ClN8S. The van der Waals surface area contributed by atoms with Gasteiger partial charge in [-0.05, 0) is 37.5 Å². The number of piperidine rings is 1. The number of hydrogen-bond acceptors (Lipinski definition) is 8. The van der Waals surface area contributed by atoms with E-state index in [1.54, 1.807) is 0 Å². The molecule has 174 valence electrons. The fourth-order valence-electron chi connectivity index (χ4n) is 4.76. The molecule has 0 amide bonds. The number of hydrogen-bond donors (Lipinski definition) is 2. The normalized spacial score (nSPS) is 15.5. The van der Waals surface area contributed by atoms with Gasteiger partial charge in [-0.3, -0.25) is 5.10 Å². The fourth-order valence-corrected chi connectivity index (χ4v) is 5.99. The summed E-state index contributed by atoms with van der Waals surface area (Å²) in [6.45, 7) is 3.32. The van der Waals surface area contributed by atoms with E-state index in [1.165, 1.54) is 11.3 Å². The third-order valence-electron chi connectivity index (χ3n) is 6.67. The molecule has 4 heterocycles. The van der Waals surface area contributed by atoms with E-state index in [0.29, 0.717) is 40.8 Å². The second kappa shape index (κ2) is 8.27. The van der Waals surface area contributed by atoms with E-state index in [4.69, 9.17) is 22.3 Å². The van der Waals surface area contributed by atoms with Gasteiger partial charge >= 0.3 is 0 Å². The lowest BCUT2D eigenvalue weighted by Gasteiger charge is -2.39. The minimum atomic E-state index is -0.385. The molecule has 3 N–H and O–H groups in total. The van der Waals surface area contributed by atoms with Gasteiger partial charge in [0.2, 0.25) is 5.95 Å². The predicted molar refractivity (Wildman–Crippen MR) is 139 cm³/mol. The lowest BCUT2D eigenvalue weighted by atomic mass is 9.82. The molecule has 0 aliphatic carbocycles. The molecule has 6 rings (SSSR count). The number of aromatic amines is 1. The molecule has 35 heavy (non-hydrogen) atoms. The third-order valence-corrected chi connectivity index (χ3v) is 8.18. The Morgan fingerprint density at radius 1 is 1.11 bits per heavy atom. The second-order valence-corrected chi connectivity index (χ2v) is 10.4. The van der Waals surface area contributed by atoms with Crippen LogP contribution < -0.4 is 10.6 Å². The first kappa shape index (κ1) is 21.9. The average molecular weight is 501 g/mol. The lowest BCUT2D eigenvalue weighted by molar-refractivity contribution is 0.340. The molecule has 0 atom stereocenters. The van der Waals surface area contributed by atoms with Crippen LogP contribution in [-0.4, -0.2) is 38.2 Å². The van der Waals surface area contributed by atoms with Gasteiger partial charge in [0, 0.05) is 24.2 Å². The van der Waals surface area contributed by atoms with Crippen LogP contribution in [0, 0.1) is 18.3 Å². The highest BCUT2D eigenvalue weighted by Gasteiger charge is 2.33. The molecule has 0 radical (unpaired) electrons. The standard InChI is InChI=1S/C25H21ClN8S/c1-14-29-17-8-7-16(20(26)22(17)35-14)21-19-18(13-27)30-24(31-23(19)33-32-21)34-11-9-25(28,10-12-34)15-5-3-2-4-6-15/h2-8H,9-12,28H2,1H3,(H,30,31,32,33). The summed E-state index contributed by atoms with van der Waals surface area (Å²) < 4.78 is 0.900. The number of nitriles is 1. The summed E-state index contributed by atoms with van der Waals surface area (Å²) in [7, 11) is 0. The molecule has 3 aromatic heterocycles. The number of aromatic nitrogens is 5. The van der Waals surface area contributed by atoms with Gasteiger partial charge < -0.3 is 10.6 Å². The molecule has 2 aromatic carbocycles. The zero-order valence-corrected chi connectivity index (χ0v) is 20.5. The first-order valence-electron chi connectivity index (χ1n) is 11.3. The molecule has 1 fully saturated rings. The maximum Gasteiger partial charge on any atom is 0.228 e. The summed E-state index contributed by atoms with van der Waals surface area (Å²) in [5.41, 5.74) is 10.4. The second-order valence-electron chi connectivity index (χ2n) is 8.80. The number of fused-ring (bicyclic) bond motifs is 2. The summed E-state index contributed by atoms with van der Waals surface area (Å²) in [5, 5.41) is 19.5. The molecule has 0 unspecified atom stereocenters. The Morgan fingerprint density at radius 3 is 2.63 bits per heavy atom. The van der Waals surface area contributed by atoms with Crippen molar-refractivity contribution >= 4 is 50.1 Å². The van der Waals surface area contributed by atoms with Gasteiger partial charge in [0.1, 0.15) is 6.07 Å². The summed E-state index contributed by atoms with van der Waals surface area (Å²) >= 11 is 8.29.